The van der Waals surface area contributed by atoms with E-state index in [4.69, 9.17) is 5.73 Å². The van der Waals surface area contributed by atoms with Gasteiger partial charge in [-0.3, -0.25) is 0 Å². The summed E-state index contributed by atoms with van der Waals surface area (Å²) in [5.41, 5.74) is 5.52. The molecule has 0 heterocycles. The Balaban J connectivity index is 2.31. The van der Waals surface area contributed by atoms with Crippen molar-refractivity contribution in [2.24, 2.45) is 5.92 Å². The van der Waals surface area contributed by atoms with Crippen molar-refractivity contribution >= 4 is 11.4 Å². The average molecular weight is 226 g/mol. The number of rotatable bonds is 3. The predicted octanol–water partition coefficient (Wildman–Crippen LogP) is 2.78. The summed E-state index contributed by atoms with van der Waals surface area (Å²) in [6.45, 7) is 1.99. The normalized spacial score (nSPS) is 17.2. The van der Waals surface area contributed by atoms with Crippen molar-refractivity contribution in [1.29, 1.82) is 0 Å². The van der Waals surface area contributed by atoms with Gasteiger partial charge in [0.05, 0.1) is 0 Å². The van der Waals surface area contributed by atoms with Gasteiger partial charge >= 0.3 is 0 Å². The first-order valence-corrected chi connectivity index (χ1v) is 5.48. The molecule has 0 spiro atoms. The smallest absolute Gasteiger partial charge is 0.151 e. The van der Waals surface area contributed by atoms with Crippen LogP contribution in [0.5, 0.6) is 0 Å². The van der Waals surface area contributed by atoms with Crippen molar-refractivity contribution in [1.82, 2.24) is 0 Å². The lowest BCUT2D eigenvalue weighted by atomic mass is 10.1. The molecule has 1 aromatic carbocycles. The maximum Gasteiger partial charge on any atom is 0.151 e. The predicted molar refractivity (Wildman–Crippen MR) is 61.4 cm³/mol. The van der Waals surface area contributed by atoms with Crippen LogP contribution in [0.15, 0.2) is 12.1 Å². The molecule has 1 fully saturated rings. The first-order valence-electron chi connectivity index (χ1n) is 5.48. The molecule has 2 N–H and O–H groups in total. The van der Waals surface area contributed by atoms with Crippen LogP contribution in [0.3, 0.4) is 0 Å². The van der Waals surface area contributed by atoms with E-state index < -0.39 is 11.6 Å². The van der Waals surface area contributed by atoms with E-state index in [9.17, 15) is 8.78 Å². The number of nitrogens with two attached hydrogens (primary N) is 1. The van der Waals surface area contributed by atoms with Gasteiger partial charge in [-0.15, -0.1) is 0 Å². The van der Waals surface area contributed by atoms with Gasteiger partial charge in [-0.25, -0.2) is 8.78 Å². The van der Waals surface area contributed by atoms with Crippen molar-refractivity contribution in [3.8, 4) is 0 Å². The molecule has 0 aromatic heterocycles. The molecular formula is C12H16F2N2. The van der Waals surface area contributed by atoms with E-state index in [1.165, 1.54) is 0 Å². The van der Waals surface area contributed by atoms with E-state index in [2.05, 4.69) is 0 Å². The molecule has 2 rings (SSSR count). The Morgan fingerprint density at radius 3 is 2.25 bits per heavy atom. The third-order valence-corrected chi connectivity index (χ3v) is 3.31. The van der Waals surface area contributed by atoms with Crippen LogP contribution >= 0.6 is 0 Å². The van der Waals surface area contributed by atoms with Gasteiger partial charge in [0, 0.05) is 18.8 Å². The second kappa shape index (κ2) is 3.92. The fourth-order valence-corrected chi connectivity index (χ4v) is 2.02. The topological polar surface area (TPSA) is 29.3 Å². The van der Waals surface area contributed by atoms with Crippen LogP contribution in [-0.4, -0.2) is 13.1 Å². The van der Waals surface area contributed by atoms with E-state index >= 15 is 0 Å². The maximum atomic E-state index is 13.6. The number of hydrogen-bond donors (Lipinski definition) is 1. The summed E-state index contributed by atoms with van der Waals surface area (Å²) in [6.07, 6.45) is 2.29. The molecule has 88 valence electrons. The molecule has 1 aliphatic carbocycles. The van der Waals surface area contributed by atoms with Crippen molar-refractivity contribution in [2.75, 3.05) is 17.7 Å². The van der Waals surface area contributed by atoms with Gasteiger partial charge in [0.1, 0.15) is 5.69 Å². The number of benzene rings is 1. The summed E-state index contributed by atoms with van der Waals surface area (Å²) in [7, 11) is 1.72. The molecule has 1 unspecified atom stereocenters. The molecular weight excluding hydrogens is 210 g/mol. The summed E-state index contributed by atoms with van der Waals surface area (Å²) in [6, 6.07) is 2.48. The van der Waals surface area contributed by atoms with Crippen LogP contribution in [0.4, 0.5) is 20.2 Å². The third kappa shape index (κ3) is 1.96. The van der Waals surface area contributed by atoms with Gasteiger partial charge in [0.15, 0.2) is 11.6 Å². The Hall–Kier alpha value is -1.32. The molecule has 0 saturated heterocycles. The van der Waals surface area contributed by atoms with Crippen molar-refractivity contribution < 1.29 is 8.78 Å². The molecule has 16 heavy (non-hydrogen) atoms. The zero-order valence-electron chi connectivity index (χ0n) is 9.50. The van der Waals surface area contributed by atoms with E-state index in [0.717, 1.165) is 25.0 Å². The molecule has 1 saturated carbocycles. The Morgan fingerprint density at radius 2 is 1.81 bits per heavy atom. The summed E-state index contributed by atoms with van der Waals surface area (Å²) >= 11 is 0. The van der Waals surface area contributed by atoms with Gasteiger partial charge in [-0.1, -0.05) is 0 Å². The minimum Gasteiger partial charge on any atom is -0.399 e. The number of anilines is 2. The Labute approximate surface area is 94.0 Å². The number of nitrogen functional groups attached to an aromatic ring is 1. The Morgan fingerprint density at radius 1 is 1.31 bits per heavy atom. The second-order valence-corrected chi connectivity index (χ2v) is 4.52. The van der Waals surface area contributed by atoms with Crippen LogP contribution < -0.4 is 10.6 Å². The minimum absolute atomic E-state index is 0.0219. The molecule has 0 radical (unpaired) electrons. The molecule has 0 bridgehead atoms. The lowest BCUT2D eigenvalue weighted by Crippen LogP contribution is -2.32. The zero-order chi connectivity index (χ0) is 11.9. The molecule has 2 nitrogen and oxygen atoms in total. The maximum absolute atomic E-state index is 13.6. The lowest BCUT2D eigenvalue weighted by molar-refractivity contribution is 0.543. The van der Waals surface area contributed by atoms with Gasteiger partial charge in [-0.05, 0) is 37.8 Å². The van der Waals surface area contributed by atoms with Crippen molar-refractivity contribution in [3.05, 3.63) is 23.8 Å². The molecule has 1 atom stereocenters. The Kier molecular flexibility index (Phi) is 2.74. The molecule has 1 aromatic rings. The van der Waals surface area contributed by atoms with Crippen LogP contribution in [0, 0.1) is 17.6 Å². The average Bonchev–Trinajstić information content (AvgIpc) is 2.97. The minimum atomic E-state index is -0.590. The highest BCUT2D eigenvalue weighted by molar-refractivity contribution is 5.56. The number of nitrogens with zero attached hydrogens (tertiary/aromatic N) is 1. The number of hydrogen-bond acceptors (Lipinski definition) is 2. The largest absolute Gasteiger partial charge is 0.399 e. The highest BCUT2D eigenvalue weighted by Crippen LogP contribution is 2.37. The van der Waals surface area contributed by atoms with Crippen LogP contribution in [0.25, 0.3) is 0 Å². The number of halogens is 2. The van der Waals surface area contributed by atoms with Crippen molar-refractivity contribution in [3.63, 3.8) is 0 Å². The van der Waals surface area contributed by atoms with Gasteiger partial charge < -0.3 is 10.6 Å². The third-order valence-electron chi connectivity index (χ3n) is 3.31. The quantitative estimate of drug-likeness (QED) is 0.803. The summed E-state index contributed by atoms with van der Waals surface area (Å²) in [5.74, 6) is -0.624. The molecule has 0 amide bonds. The summed E-state index contributed by atoms with van der Waals surface area (Å²) < 4.78 is 27.3. The fourth-order valence-electron chi connectivity index (χ4n) is 2.02. The zero-order valence-corrected chi connectivity index (χ0v) is 9.50. The van der Waals surface area contributed by atoms with Crippen molar-refractivity contribution in [2.45, 2.75) is 25.8 Å². The van der Waals surface area contributed by atoms with E-state index in [-0.39, 0.29) is 17.4 Å². The first kappa shape index (κ1) is 11.2. The highest BCUT2D eigenvalue weighted by atomic mass is 19.1. The van der Waals surface area contributed by atoms with E-state index in [1.807, 2.05) is 6.92 Å². The van der Waals surface area contributed by atoms with Gasteiger partial charge in [0.25, 0.3) is 0 Å². The fraction of sp³-hybridized carbons (Fsp3) is 0.500. The molecule has 0 aliphatic heterocycles. The van der Waals surface area contributed by atoms with Crippen LogP contribution in [-0.2, 0) is 0 Å². The van der Waals surface area contributed by atoms with E-state index in [1.54, 1.807) is 11.9 Å². The highest BCUT2D eigenvalue weighted by Gasteiger charge is 2.32. The summed E-state index contributed by atoms with van der Waals surface area (Å²) in [4.78, 5) is 1.67. The standard InChI is InChI=1S/C12H16F2N2/c1-7(8-3-4-8)16(2)12-10(13)5-9(15)6-11(12)14/h5-8H,3-4,15H2,1-2H3. The van der Waals surface area contributed by atoms with Gasteiger partial charge in [0.2, 0.25) is 0 Å². The van der Waals surface area contributed by atoms with Gasteiger partial charge in [-0.2, -0.15) is 0 Å². The monoisotopic (exact) mass is 226 g/mol. The second-order valence-electron chi connectivity index (χ2n) is 4.52. The summed E-state index contributed by atoms with van der Waals surface area (Å²) in [5, 5.41) is 0. The van der Waals surface area contributed by atoms with Crippen LogP contribution in [0.2, 0.25) is 0 Å². The SMILES string of the molecule is CC(C1CC1)N(C)c1c(F)cc(N)cc1F. The lowest BCUT2D eigenvalue weighted by Gasteiger charge is -2.27. The van der Waals surface area contributed by atoms with E-state index in [0.29, 0.717) is 5.92 Å². The molecule has 1 aliphatic rings. The first-order chi connectivity index (χ1) is 7.50. The Bertz CT molecular complexity index is 379. The molecule has 4 heteroatoms. The van der Waals surface area contributed by atoms with Crippen LogP contribution in [0.1, 0.15) is 19.8 Å².